The average Bonchev–Trinajstić information content (AvgIpc) is 2.02. The topological polar surface area (TPSA) is 63.2 Å². The van der Waals surface area contributed by atoms with Gasteiger partial charge in [-0.2, -0.15) is 0 Å². The molecule has 1 amide bonds. The summed E-state index contributed by atoms with van der Waals surface area (Å²) in [4.78, 5) is 11.1. The van der Waals surface area contributed by atoms with E-state index in [1.54, 1.807) is 0 Å². The smallest absolute Gasteiger partial charge is 0.238 e. The Labute approximate surface area is 72.3 Å². The molecule has 1 unspecified atom stereocenters. The largest absolute Gasteiger partial charge is 0.358 e. The highest BCUT2D eigenvalue weighted by molar-refractivity contribution is 7.92. The van der Waals surface area contributed by atoms with Crippen LogP contribution in [0.3, 0.4) is 0 Å². The van der Waals surface area contributed by atoms with E-state index in [-0.39, 0.29) is 11.7 Å². The van der Waals surface area contributed by atoms with Gasteiger partial charge in [0.1, 0.15) is 5.25 Å². The van der Waals surface area contributed by atoms with E-state index in [0.717, 1.165) is 6.42 Å². The molecule has 0 spiro atoms. The van der Waals surface area contributed by atoms with E-state index in [2.05, 4.69) is 5.32 Å². The number of amides is 1. The summed E-state index contributed by atoms with van der Waals surface area (Å²) in [5, 5.41) is 1.58. The first-order chi connectivity index (χ1) is 5.58. The molecule has 0 bridgehead atoms. The van der Waals surface area contributed by atoms with E-state index < -0.39 is 15.1 Å². The molecule has 12 heavy (non-hydrogen) atoms. The van der Waals surface area contributed by atoms with Crippen molar-refractivity contribution < 1.29 is 13.2 Å². The first-order valence-corrected chi connectivity index (χ1v) is 5.72. The van der Waals surface area contributed by atoms with Crippen LogP contribution in [0.5, 0.6) is 0 Å². The van der Waals surface area contributed by atoms with Crippen molar-refractivity contribution in [3.05, 3.63) is 0 Å². The van der Waals surface area contributed by atoms with Crippen LogP contribution in [0.1, 0.15) is 19.3 Å². The molecule has 1 atom stereocenters. The second-order valence-corrected chi connectivity index (χ2v) is 5.27. The predicted molar refractivity (Wildman–Crippen MR) is 45.5 cm³/mol. The van der Waals surface area contributed by atoms with Gasteiger partial charge in [0.25, 0.3) is 0 Å². The quantitative estimate of drug-likeness (QED) is 0.619. The van der Waals surface area contributed by atoms with Crippen LogP contribution in [0.4, 0.5) is 0 Å². The third-order valence-electron chi connectivity index (χ3n) is 2.12. The summed E-state index contributed by atoms with van der Waals surface area (Å²) in [6, 6.07) is 0. The number of sulfone groups is 1. The minimum Gasteiger partial charge on any atom is -0.358 e. The van der Waals surface area contributed by atoms with Crippen molar-refractivity contribution in [3.8, 4) is 0 Å². The average molecular weight is 191 g/mol. The van der Waals surface area contributed by atoms with Crippen LogP contribution in [0, 0.1) is 0 Å². The summed E-state index contributed by atoms with van der Waals surface area (Å²) >= 11 is 0. The van der Waals surface area contributed by atoms with Gasteiger partial charge in [-0.3, -0.25) is 4.79 Å². The third-order valence-corrected chi connectivity index (χ3v) is 4.29. The minimum atomic E-state index is -3.15. The maximum atomic E-state index is 11.3. The van der Waals surface area contributed by atoms with Crippen molar-refractivity contribution in [2.24, 2.45) is 0 Å². The zero-order valence-electron chi connectivity index (χ0n) is 7.04. The standard InChI is InChI=1S/C7H13NO3S/c1-8-7(9)6-4-2-3-5-12(6,10)11/h6H,2-5H2,1H3,(H,8,9). The normalized spacial score (nSPS) is 27.9. The molecule has 70 valence electrons. The lowest BCUT2D eigenvalue weighted by atomic mass is 10.2. The summed E-state index contributed by atoms with van der Waals surface area (Å²) in [5.74, 6) is -0.208. The zero-order valence-corrected chi connectivity index (χ0v) is 7.86. The molecule has 1 aliphatic rings. The first-order valence-electron chi connectivity index (χ1n) is 4.01. The Morgan fingerprint density at radius 2 is 2.08 bits per heavy atom. The van der Waals surface area contributed by atoms with Crippen LogP contribution in [-0.4, -0.2) is 32.4 Å². The molecule has 0 saturated carbocycles. The molecule has 1 aliphatic heterocycles. The summed E-state index contributed by atoms with van der Waals surface area (Å²) < 4.78 is 22.6. The molecule has 0 aromatic carbocycles. The van der Waals surface area contributed by atoms with Crippen LogP contribution in [-0.2, 0) is 14.6 Å². The molecule has 0 aliphatic carbocycles. The van der Waals surface area contributed by atoms with Gasteiger partial charge in [-0.15, -0.1) is 0 Å². The molecular weight excluding hydrogens is 178 g/mol. The Balaban J connectivity index is 2.80. The molecule has 0 radical (unpaired) electrons. The van der Waals surface area contributed by atoms with Crippen molar-refractivity contribution in [1.29, 1.82) is 0 Å². The van der Waals surface area contributed by atoms with Gasteiger partial charge in [0.15, 0.2) is 9.84 Å². The Morgan fingerprint density at radius 3 is 2.58 bits per heavy atom. The maximum Gasteiger partial charge on any atom is 0.238 e. The molecule has 1 heterocycles. The number of rotatable bonds is 1. The number of hydrogen-bond donors (Lipinski definition) is 1. The molecule has 4 nitrogen and oxygen atoms in total. The fraction of sp³-hybridized carbons (Fsp3) is 0.857. The van der Waals surface area contributed by atoms with Crippen molar-refractivity contribution >= 4 is 15.7 Å². The third kappa shape index (κ3) is 1.77. The van der Waals surface area contributed by atoms with Crippen molar-refractivity contribution in [2.75, 3.05) is 12.8 Å². The molecule has 1 fully saturated rings. The Morgan fingerprint density at radius 1 is 1.42 bits per heavy atom. The highest BCUT2D eigenvalue weighted by atomic mass is 32.2. The first kappa shape index (κ1) is 9.51. The Kier molecular flexibility index (Phi) is 2.72. The Hall–Kier alpha value is -0.580. The molecule has 1 rings (SSSR count). The van der Waals surface area contributed by atoms with Gasteiger partial charge < -0.3 is 5.32 Å². The number of carbonyl (C=O) groups is 1. The van der Waals surface area contributed by atoms with Gasteiger partial charge in [-0.25, -0.2) is 8.42 Å². The van der Waals surface area contributed by atoms with Crippen molar-refractivity contribution in [3.63, 3.8) is 0 Å². The summed E-state index contributed by atoms with van der Waals surface area (Å²) in [5.41, 5.74) is 0. The maximum absolute atomic E-state index is 11.3. The minimum absolute atomic E-state index is 0.158. The molecule has 1 N–H and O–H groups in total. The van der Waals surface area contributed by atoms with E-state index >= 15 is 0 Å². The van der Waals surface area contributed by atoms with Gasteiger partial charge in [-0.05, 0) is 12.8 Å². The number of hydrogen-bond acceptors (Lipinski definition) is 3. The van der Waals surface area contributed by atoms with E-state index in [0.29, 0.717) is 12.8 Å². The lowest BCUT2D eigenvalue weighted by Crippen LogP contribution is -2.41. The lowest BCUT2D eigenvalue weighted by Gasteiger charge is -2.20. The van der Waals surface area contributed by atoms with Gasteiger partial charge in [0, 0.05) is 7.05 Å². The van der Waals surface area contributed by atoms with Gasteiger partial charge in [0.2, 0.25) is 5.91 Å². The van der Waals surface area contributed by atoms with Gasteiger partial charge in [-0.1, -0.05) is 6.42 Å². The second kappa shape index (κ2) is 3.43. The lowest BCUT2D eigenvalue weighted by molar-refractivity contribution is -0.120. The summed E-state index contributed by atoms with van der Waals surface area (Å²) in [6.45, 7) is 0. The van der Waals surface area contributed by atoms with Gasteiger partial charge >= 0.3 is 0 Å². The highest BCUT2D eigenvalue weighted by Crippen LogP contribution is 2.19. The van der Waals surface area contributed by atoms with Crippen molar-refractivity contribution in [2.45, 2.75) is 24.5 Å². The Bertz CT molecular complexity index is 270. The van der Waals surface area contributed by atoms with Crippen LogP contribution in [0.2, 0.25) is 0 Å². The zero-order chi connectivity index (χ0) is 9.19. The van der Waals surface area contributed by atoms with Crippen LogP contribution >= 0.6 is 0 Å². The molecule has 1 saturated heterocycles. The monoisotopic (exact) mass is 191 g/mol. The van der Waals surface area contributed by atoms with Crippen molar-refractivity contribution in [1.82, 2.24) is 5.32 Å². The highest BCUT2D eigenvalue weighted by Gasteiger charge is 2.33. The molecule has 5 heteroatoms. The van der Waals surface area contributed by atoms with Crippen LogP contribution in [0.25, 0.3) is 0 Å². The van der Waals surface area contributed by atoms with Crippen LogP contribution < -0.4 is 5.32 Å². The van der Waals surface area contributed by atoms with E-state index in [1.807, 2.05) is 0 Å². The molecular formula is C7H13NO3S. The number of nitrogens with one attached hydrogen (secondary N) is 1. The fourth-order valence-corrected chi connectivity index (χ4v) is 3.27. The molecule has 0 aromatic heterocycles. The summed E-state index contributed by atoms with van der Waals surface area (Å²) in [7, 11) is -1.68. The fourth-order valence-electron chi connectivity index (χ4n) is 1.41. The van der Waals surface area contributed by atoms with E-state index in [1.165, 1.54) is 7.05 Å². The van der Waals surface area contributed by atoms with E-state index in [4.69, 9.17) is 0 Å². The van der Waals surface area contributed by atoms with Crippen LogP contribution in [0.15, 0.2) is 0 Å². The SMILES string of the molecule is CNC(=O)C1CCCCS1(=O)=O. The van der Waals surface area contributed by atoms with E-state index in [9.17, 15) is 13.2 Å². The molecule has 0 aromatic rings. The summed E-state index contributed by atoms with van der Waals surface area (Å²) in [6.07, 6.45) is 2.00. The number of carbonyl (C=O) groups excluding carboxylic acids is 1. The predicted octanol–water partition coefficient (Wildman–Crippen LogP) is -0.300. The second-order valence-electron chi connectivity index (χ2n) is 2.97. The van der Waals surface area contributed by atoms with Gasteiger partial charge in [0.05, 0.1) is 5.75 Å².